The maximum absolute atomic E-state index is 5.41. The largest absolute Gasteiger partial charge is 0.330 e. The van der Waals surface area contributed by atoms with Crippen LogP contribution in [0.25, 0.3) is 0 Å². The first kappa shape index (κ1) is 7.80. The summed E-state index contributed by atoms with van der Waals surface area (Å²) in [5.74, 6) is 0.941. The van der Waals surface area contributed by atoms with E-state index in [1.165, 1.54) is 19.3 Å². The summed E-state index contributed by atoms with van der Waals surface area (Å²) in [7, 11) is 0. The molecule has 1 nitrogen and oxygen atoms in total. The van der Waals surface area contributed by atoms with Crippen LogP contribution in [0.1, 0.15) is 32.6 Å². The van der Waals surface area contributed by atoms with Crippen molar-refractivity contribution in [1.29, 1.82) is 0 Å². The smallest absolute Gasteiger partial charge is 0.00425 e. The minimum Gasteiger partial charge on any atom is -0.330 e. The molecule has 0 aromatic heterocycles. The summed E-state index contributed by atoms with van der Waals surface area (Å²) in [4.78, 5) is 0. The van der Waals surface area contributed by atoms with Gasteiger partial charge in [0.1, 0.15) is 0 Å². The van der Waals surface area contributed by atoms with E-state index in [0.29, 0.717) is 0 Å². The Hall–Kier alpha value is -0.300. The molecular weight excluding hydrogens is 122 g/mol. The van der Waals surface area contributed by atoms with Gasteiger partial charge in [-0.05, 0) is 38.1 Å². The van der Waals surface area contributed by atoms with Gasteiger partial charge in [0, 0.05) is 0 Å². The molecule has 0 bridgehead atoms. The maximum Gasteiger partial charge on any atom is -0.00425 e. The zero-order chi connectivity index (χ0) is 7.40. The Kier molecular flexibility index (Phi) is 2.94. The zero-order valence-electron chi connectivity index (χ0n) is 6.77. The summed E-state index contributed by atoms with van der Waals surface area (Å²) in [6.45, 7) is 3.04. The molecular formula is C9H17N. The Balaban J connectivity index is 2.30. The van der Waals surface area contributed by atoms with Crippen molar-refractivity contribution in [1.82, 2.24) is 0 Å². The molecule has 1 saturated carbocycles. The molecule has 0 spiro atoms. The van der Waals surface area contributed by atoms with Crippen LogP contribution in [0, 0.1) is 5.92 Å². The summed E-state index contributed by atoms with van der Waals surface area (Å²) in [5.41, 5.74) is 7.05. The van der Waals surface area contributed by atoms with Crippen LogP contribution in [-0.4, -0.2) is 6.54 Å². The van der Waals surface area contributed by atoms with E-state index < -0.39 is 0 Å². The normalized spacial score (nSPS) is 19.6. The van der Waals surface area contributed by atoms with Gasteiger partial charge in [0.05, 0.1) is 0 Å². The molecule has 0 atom stereocenters. The summed E-state index contributed by atoms with van der Waals surface area (Å²) in [6.07, 6.45) is 7.47. The van der Waals surface area contributed by atoms with Gasteiger partial charge in [-0.2, -0.15) is 0 Å². The average Bonchev–Trinajstić information content (AvgIpc) is 2.73. The van der Waals surface area contributed by atoms with Crippen LogP contribution in [0.5, 0.6) is 0 Å². The molecule has 1 aliphatic rings. The molecule has 1 heteroatoms. The first-order valence-electron chi connectivity index (χ1n) is 4.27. The van der Waals surface area contributed by atoms with Crippen molar-refractivity contribution in [3.63, 3.8) is 0 Å². The Morgan fingerprint density at radius 3 is 2.70 bits per heavy atom. The average molecular weight is 139 g/mol. The second-order valence-corrected chi connectivity index (χ2v) is 2.98. The SMILES string of the molecule is CC/C(=C/CCN)C1CC1. The molecule has 2 N–H and O–H groups in total. The monoisotopic (exact) mass is 139 g/mol. The number of hydrogen-bond donors (Lipinski definition) is 1. The zero-order valence-corrected chi connectivity index (χ0v) is 6.77. The Morgan fingerprint density at radius 1 is 1.60 bits per heavy atom. The molecule has 0 heterocycles. The number of allylic oxidation sites excluding steroid dienone is 1. The summed E-state index contributed by atoms with van der Waals surface area (Å²) < 4.78 is 0. The van der Waals surface area contributed by atoms with E-state index in [0.717, 1.165) is 18.9 Å². The van der Waals surface area contributed by atoms with Gasteiger partial charge < -0.3 is 5.73 Å². The second kappa shape index (κ2) is 3.77. The molecule has 0 aromatic rings. The third kappa shape index (κ3) is 2.14. The van der Waals surface area contributed by atoms with E-state index in [1.807, 2.05) is 0 Å². The number of rotatable bonds is 4. The molecule has 0 saturated heterocycles. The van der Waals surface area contributed by atoms with Crippen molar-refractivity contribution < 1.29 is 0 Å². The van der Waals surface area contributed by atoms with Crippen LogP contribution in [-0.2, 0) is 0 Å². The molecule has 1 rings (SSSR count). The predicted octanol–water partition coefficient (Wildman–Crippen LogP) is 2.08. The third-order valence-electron chi connectivity index (χ3n) is 2.08. The van der Waals surface area contributed by atoms with Gasteiger partial charge in [0.25, 0.3) is 0 Å². The Labute approximate surface area is 63.3 Å². The van der Waals surface area contributed by atoms with E-state index in [4.69, 9.17) is 5.73 Å². The first-order chi connectivity index (χ1) is 4.88. The molecule has 1 aliphatic carbocycles. The lowest BCUT2D eigenvalue weighted by Crippen LogP contribution is -1.96. The van der Waals surface area contributed by atoms with Crippen molar-refractivity contribution in [2.24, 2.45) is 11.7 Å². The van der Waals surface area contributed by atoms with E-state index in [9.17, 15) is 0 Å². The molecule has 0 aromatic carbocycles. The standard InChI is InChI=1S/C9H17N/c1-2-8(4-3-7-10)9-5-6-9/h4,9H,2-3,5-7,10H2,1H3/b8-4-. The van der Waals surface area contributed by atoms with E-state index in [-0.39, 0.29) is 0 Å². The predicted molar refractivity (Wildman–Crippen MR) is 44.8 cm³/mol. The highest BCUT2D eigenvalue weighted by Crippen LogP contribution is 2.37. The maximum atomic E-state index is 5.41. The quantitative estimate of drug-likeness (QED) is 0.593. The number of nitrogens with two attached hydrogens (primary N) is 1. The lowest BCUT2D eigenvalue weighted by atomic mass is 10.1. The lowest BCUT2D eigenvalue weighted by Gasteiger charge is -1.99. The second-order valence-electron chi connectivity index (χ2n) is 2.98. The van der Waals surface area contributed by atoms with Crippen LogP contribution in [0.3, 0.4) is 0 Å². The molecule has 0 unspecified atom stereocenters. The van der Waals surface area contributed by atoms with Crippen LogP contribution >= 0.6 is 0 Å². The molecule has 10 heavy (non-hydrogen) atoms. The Bertz CT molecular complexity index is 123. The summed E-state index contributed by atoms with van der Waals surface area (Å²) in [5, 5.41) is 0. The van der Waals surface area contributed by atoms with Gasteiger partial charge in [0.2, 0.25) is 0 Å². The molecule has 1 fully saturated rings. The Morgan fingerprint density at radius 2 is 2.30 bits per heavy atom. The van der Waals surface area contributed by atoms with Crippen molar-refractivity contribution in [3.05, 3.63) is 11.6 Å². The van der Waals surface area contributed by atoms with E-state index in [2.05, 4.69) is 13.0 Å². The molecule has 58 valence electrons. The fraction of sp³-hybridized carbons (Fsp3) is 0.778. The lowest BCUT2D eigenvalue weighted by molar-refractivity contribution is 0.879. The first-order valence-corrected chi connectivity index (χ1v) is 4.27. The number of hydrogen-bond acceptors (Lipinski definition) is 1. The summed E-state index contributed by atoms with van der Waals surface area (Å²) >= 11 is 0. The molecule has 0 radical (unpaired) electrons. The van der Waals surface area contributed by atoms with E-state index in [1.54, 1.807) is 5.57 Å². The highest BCUT2D eigenvalue weighted by Gasteiger charge is 2.23. The fourth-order valence-electron chi connectivity index (χ4n) is 1.32. The van der Waals surface area contributed by atoms with Gasteiger partial charge in [-0.15, -0.1) is 0 Å². The minimum absolute atomic E-state index is 0.802. The van der Waals surface area contributed by atoms with Crippen LogP contribution in [0.15, 0.2) is 11.6 Å². The van der Waals surface area contributed by atoms with Gasteiger partial charge in [-0.25, -0.2) is 0 Å². The van der Waals surface area contributed by atoms with Crippen LogP contribution in [0.2, 0.25) is 0 Å². The van der Waals surface area contributed by atoms with Gasteiger partial charge in [0.15, 0.2) is 0 Å². The van der Waals surface area contributed by atoms with Gasteiger partial charge in [-0.1, -0.05) is 18.6 Å². The minimum atomic E-state index is 0.802. The molecule has 0 aliphatic heterocycles. The fourth-order valence-corrected chi connectivity index (χ4v) is 1.32. The highest BCUT2D eigenvalue weighted by molar-refractivity contribution is 5.11. The van der Waals surface area contributed by atoms with E-state index >= 15 is 0 Å². The van der Waals surface area contributed by atoms with Crippen molar-refractivity contribution in [2.45, 2.75) is 32.6 Å². The summed E-state index contributed by atoms with van der Waals surface area (Å²) in [6, 6.07) is 0. The van der Waals surface area contributed by atoms with Crippen LogP contribution in [0.4, 0.5) is 0 Å². The van der Waals surface area contributed by atoms with Crippen molar-refractivity contribution >= 4 is 0 Å². The van der Waals surface area contributed by atoms with Crippen LogP contribution < -0.4 is 5.73 Å². The topological polar surface area (TPSA) is 26.0 Å². The van der Waals surface area contributed by atoms with Gasteiger partial charge in [-0.3, -0.25) is 0 Å². The van der Waals surface area contributed by atoms with Crippen molar-refractivity contribution in [2.75, 3.05) is 6.54 Å². The highest BCUT2D eigenvalue weighted by atomic mass is 14.5. The molecule has 0 amide bonds. The van der Waals surface area contributed by atoms with Gasteiger partial charge >= 0.3 is 0 Å². The van der Waals surface area contributed by atoms with Crippen molar-refractivity contribution in [3.8, 4) is 0 Å². The third-order valence-corrected chi connectivity index (χ3v) is 2.08.